The normalized spacial score (nSPS) is 11.7. The van der Waals surface area contributed by atoms with E-state index in [1.54, 1.807) is 0 Å². The summed E-state index contributed by atoms with van der Waals surface area (Å²) in [4.78, 5) is 4.72. The number of hydrogen-bond donors (Lipinski definition) is 1. The van der Waals surface area contributed by atoms with Crippen molar-refractivity contribution in [2.24, 2.45) is 5.73 Å². The molecule has 2 aromatic rings. The zero-order chi connectivity index (χ0) is 14.2. The van der Waals surface area contributed by atoms with E-state index in [2.05, 4.69) is 44.2 Å². The van der Waals surface area contributed by atoms with Crippen LogP contribution in [0.1, 0.15) is 36.2 Å². The Hall–Kier alpha value is -1.67. The van der Waals surface area contributed by atoms with Crippen LogP contribution in [0.3, 0.4) is 0 Å². The second kappa shape index (κ2) is 4.78. The molecule has 2 N–H and O–H groups in total. The summed E-state index contributed by atoms with van der Waals surface area (Å²) >= 11 is 0. The standard InChI is InChI=1S/C17H22N2/c1-11-6-7-14(12(2)10-11)16-9-8-15(13(3)19-16)17(4,5)18/h6-10H,18H2,1-5H3. The number of aryl methyl sites for hydroxylation is 3. The van der Waals surface area contributed by atoms with Gasteiger partial charge in [-0.15, -0.1) is 0 Å². The largest absolute Gasteiger partial charge is 0.322 e. The van der Waals surface area contributed by atoms with E-state index in [-0.39, 0.29) is 5.54 Å². The number of aromatic nitrogens is 1. The fourth-order valence-corrected chi connectivity index (χ4v) is 2.49. The molecule has 1 heterocycles. The Morgan fingerprint density at radius 2 is 1.68 bits per heavy atom. The predicted octanol–water partition coefficient (Wildman–Crippen LogP) is 3.87. The Kier molecular flexibility index (Phi) is 3.46. The molecule has 19 heavy (non-hydrogen) atoms. The molecule has 0 atom stereocenters. The van der Waals surface area contributed by atoms with E-state index in [9.17, 15) is 0 Å². The predicted molar refractivity (Wildman–Crippen MR) is 81.1 cm³/mol. The highest BCUT2D eigenvalue weighted by Crippen LogP contribution is 2.26. The smallest absolute Gasteiger partial charge is 0.0708 e. The molecule has 0 saturated carbocycles. The van der Waals surface area contributed by atoms with Crippen LogP contribution in [0.15, 0.2) is 30.3 Å². The van der Waals surface area contributed by atoms with Crippen molar-refractivity contribution in [3.63, 3.8) is 0 Å². The van der Waals surface area contributed by atoms with Gasteiger partial charge in [-0.1, -0.05) is 29.8 Å². The average molecular weight is 254 g/mol. The third kappa shape index (κ3) is 2.85. The molecule has 0 amide bonds. The Morgan fingerprint density at radius 3 is 2.21 bits per heavy atom. The molecular formula is C17H22N2. The van der Waals surface area contributed by atoms with Gasteiger partial charge in [0.15, 0.2) is 0 Å². The maximum absolute atomic E-state index is 6.16. The molecule has 100 valence electrons. The first-order chi connectivity index (χ1) is 8.79. The van der Waals surface area contributed by atoms with Crippen LogP contribution in [0, 0.1) is 20.8 Å². The fourth-order valence-electron chi connectivity index (χ4n) is 2.49. The van der Waals surface area contributed by atoms with Gasteiger partial charge in [0.05, 0.1) is 5.69 Å². The number of pyridine rings is 1. The molecule has 2 nitrogen and oxygen atoms in total. The van der Waals surface area contributed by atoms with Crippen LogP contribution >= 0.6 is 0 Å². The first-order valence-corrected chi connectivity index (χ1v) is 6.63. The first kappa shape index (κ1) is 13.8. The summed E-state index contributed by atoms with van der Waals surface area (Å²) in [5.41, 5.74) is 12.6. The van der Waals surface area contributed by atoms with Crippen LogP contribution in [-0.4, -0.2) is 4.98 Å². The van der Waals surface area contributed by atoms with Crippen molar-refractivity contribution in [2.75, 3.05) is 0 Å². The van der Waals surface area contributed by atoms with E-state index in [1.165, 1.54) is 16.7 Å². The Labute approximate surface area is 115 Å². The van der Waals surface area contributed by atoms with Crippen molar-refractivity contribution in [2.45, 2.75) is 40.2 Å². The van der Waals surface area contributed by atoms with Crippen molar-refractivity contribution in [1.82, 2.24) is 4.98 Å². The molecule has 0 aliphatic rings. The van der Waals surface area contributed by atoms with Gasteiger partial charge in [-0.2, -0.15) is 0 Å². The SMILES string of the molecule is Cc1ccc(-c2ccc(C(C)(C)N)c(C)n2)c(C)c1. The van der Waals surface area contributed by atoms with Gasteiger partial charge in [-0.05, 0) is 51.8 Å². The van der Waals surface area contributed by atoms with Gasteiger partial charge in [0.1, 0.15) is 0 Å². The van der Waals surface area contributed by atoms with Gasteiger partial charge in [0.2, 0.25) is 0 Å². The number of hydrogen-bond acceptors (Lipinski definition) is 2. The molecular weight excluding hydrogens is 232 g/mol. The van der Waals surface area contributed by atoms with Crippen LogP contribution in [0.2, 0.25) is 0 Å². The second-order valence-electron chi connectivity index (χ2n) is 5.87. The third-order valence-corrected chi connectivity index (χ3v) is 3.44. The van der Waals surface area contributed by atoms with E-state index in [0.717, 1.165) is 17.0 Å². The first-order valence-electron chi connectivity index (χ1n) is 6.63. The van der Waals surface area contributed by atoms with E-state index < -0.39 is 0 Å². The zero-order valence-electron chi connectivity index (χ0n) is 12.4. The number of nitrogens with two attached hydrogens (primary N) is 1. The third-order valence-electron chi connectivity index (χ3n) is 3.44. The lowest BCUT2D eigenvalue weighted by Crippen LogP contribution is -2.29. The summed E-state index contributed by atoms with van der Waals surface area (Å²) in [7, 11) is 0. The summed E-state index contributed by atoms with van der Waals surface area (Å²) in [6.45, 7) is 10.3. The van der Waals surface area contributed by atoms with Crippen LogP contribution in [0.4, 0.5) is 0 Å². The summed E-state index contributed by atoms with van der Waals surface area (Å²) in [5, 5.41) is 0. The highest BCUT2D eigenvalue weighted by Gasteiger charge is 2.18. The molecule has 2 rings (SSSR count). The van der Waals surface area contributed by atoms with Gasteiger partial charge in [0.25, 0.3) is 0 Å². The molecule has 0 unspecified atom stereocenters. The Morgan fingerprint density at radius 1 is 1.00 bits per heavy atom. The number of rotatable bonds is 2. The topological polar surface area (TPSA) is 38.9 Å². The molecule has 1 aromatic carbocycles. The second-order valence-corrected chi connectivity index (χ2v) is 5.87. The van der Waals surface area contributed by atoms with Crippen molar-refractivity contribution in [1.29, 1.82) is 0 Å². The van der Waals surface area contributed by atoms with Gasteiger partial charge in [-0.3, -0.25) is 4.98 Å². The van der Waals surface area contributed by atoms with Crippen LogP contribution in [0.25, 0.3) is 11.3 Å². The lowest BCUT2D eigenvalue weighted by Gasteiger charge is -2.21. The minimum atomic E-state index is -0.349. The van der Waals surface area contributed by atoms with Gasteiger partial charge >= 0.3 is 0 Å². The summed E-state index contributed by atoms with van der Waals surface area (Å²) in [6, 6.07) is 10.6. The molecule has 2 heteroatoms. The highest BCUT2D eigenvalue weighted by atomic mass is 14.8. The highest BCUT2D eigenvalue weighted by molar-refractivity contribution is 5.64. The number of benzene rings is 1. The van der Waals surface area contributed by atoms with Gasteiger partial charge in [-0.25, -0.2) is 0 Å². The lowest BCUT2D eigenvalue weighted by atomic mass is 9.93. The Balaban J connectivity index is 2.51. The molecule has 0 fully saturated rings. The zero-order valence-corrected chi connectivity index (χ0v) is 12.4. The fraction of sp³-hybridized carbons (Fsp3) is 0.353. The van der Waals surface area contributed by atoms with E-state index >= 15 is 0 Å². The van der Waals surface area contributed by atoms with Gasteiger partial charge in [0, 0.05) is 16.8 Å². The van der Waals surface area contributed by atoms with E-state index in [4.69, 9.17) is 10.7 Å². The van der Waals surface area contributed by atoms with Crippen molar-refractivity contribution >= 4 is 0 Å². The minimum Gasteiger partial charge on any atom is -0.322 e. The summed E-state index contributed by atoms with van der Waals surface area (Å²) in [5.74, 6) is 0. The minimum absolute atomic E-state index is 0.349. The molecule has 0 spiro atoms. The quantitative estimate of drug-likeness (QED) is 0.883. The monoisotopic (exact) mass is 254 g/mol. The van der Waals surface area contributed by atoms with Crippen LogP contribution in [-0.2, 0) is 5.54 Å². The van der Waals surface area contributed by atoms with Crippen molar-refractivity contribution < 1.29 is 0 Å². The Bertz CT molecular complexity index is 607. The van der Waals surface area contributed by atoms with Crippen molar-refractivity contribution in [3.8, 4) is 11.3 Å². The maximum Gasteiger partial charge on any atom is 0.0708 e. The molecule has 1 aromatic heterocycles. The van der Waals surface area contributed by atoms with Crippen LogP contribution < -0.4 is 5.73 Å². The van der Waals surface area contributed by atoms with E-state index in [0.29, 0.717) is 0 Å². The van der Waals surface area contributed by atoms with Gasteiger partial charge < -0.3 is 5.73 Å². The molecule has 0 aliphatic carbocycles. The average Bonchev–Trinajstić information content (AvgIpc) is 2.26. The summed E-state index contributed by atoms with van der Waals surface area (Å²) in [6.07, 6.45) is 0. The van der Waals surface area contributed by atoms with Crippen LogP contribution in [0.5, 0.6) is 0 Å². The maximum atomic E-state index is 6.16. The number of nitrogens with zero attached hydrogens (tertiary/aromatic N) is 1. The molecule has 0 radical (unpaired) electrons. The van der Waals surface area contributed by atoms with E-state index in [1.807, 2.05) is 20.8 Å². The summed E-state index contributed by atoms with van der Waals surface area (Å²) < 4.78 is 0. The molecule has 0 saturated heterocycles. The molecule has 0 bridgehead atoms. The van der Waals surface area contributed by atoms with Crippen molar-refractivity contribution in [3.05, 3.63) is 52.7 Å². The lowest BCUT2D eigenvalue weighted by molar-refractivity contribution is 0.548. The molecule has 0 aliphatic heterocycles.